The maximum absolute atomic E-state index is 11.9. The van der Waals surface area contributed by atoms with E-state index in [9.17, 15) is 17.2 Å². The molecule has 1 aromatic carbocycles. The van der Waals surface area contributed by atoms with Crippen LogP contribution in [0.1, 0.15) is 6.92 Å². The van der Waals surface area contributed by atoms with Crippen molar-refractivity contribution in [3.63, 3.8) is 0 Å². The Labute approximate surface area is 123 Å². The van der Waals surface area contributed by atoms with Crippen molar-refractivity contribution in [2.45, 2.75) is 24.3 Å². The first kappa shape index (κ1) is 19.0. The molecule has 1 aromatic rings. The van der Waals surface area contributed by atoms with Crippen LogP contribution in [0.25, 0.3) is 0 Å². The molecule has 20 heavy (non-hydrogen) atoms. The van der Waals surface area contributed by atoms with Crippen molar-refractivity contribution in [1.82, 2.24) is 4.72 Å². The first-order valence-corrected chi connectivity index (χ1v) is 7.07. The lowest BCUT2D eigenvalue weighted by Gasteiger charge is -2.12. The van der Waals surface area contributed by atoms with Gasteiger partial charge in [-0.05, 0) is 31.2 Å². The van der Waals surface area contributed by atoms with Gasteiger partial charge in [-0.3, -0.25) is 0 Å². The minimum absolute atomic E-state index is 0. The molecule has 1 rings (SSSR count). The molecule has 0 heterocycles. The van der Waals surface area contributed by atoms with E-state index in [-0.39, 0.29) is 35.6 Å². The second kappa shape index (κ2) is 8.35. The van der Waals surface area contributed by atoms with E-state index in [0.717, 1.165) is 0 Å². The lowest BCUT2D eigenvalue weighted by Crippen LogP contribution is -2.37. The summed E-state index contributed by atoms with van der Waals surface area (Å²) in [5.74, 6) is 0.186. The lowest BCUT2D eigenvalue weighted by molar-refractivity contribution is 0.0819. The van der Waals surface area contributed by atoms with E-state index in [1.165, 1.54) is 24.3 Å². The number of rotatable bonds is 7. The van der Waals surface area contributed by atoms with Gasteiger partial charge in [-0.25, -0.2) is 21.9 Å². The number of hydrogen-bond acceptors (Lipinski definition) is 4. The van der Waals surface area contributed by atoms with E-state index in [2.05, 4.69) is 4.72 Å². The van der Waals surface area contributed by atoms with Crippen LogP contribution in [0.3, 0.4) is 0 Å². The molecule has 116 valence electrons. The van der Waals surface area contributed by atoms with Gasteiger partial charge in [-0.1, -0.05) is 0 Å². The predicted octanol–water partition coefficient (Wildman–Crippen LogP) is 1.38. The average Bonchev–Trinajstić information content (AvgIpc) is 2.36. The smallest absolute Gasteiger partial charge is 0.272 e. The highest BCUT2D eigenvalue weighted by molar-refractivity contribution is 7.89. The molecule has 0 radical (unpaired) electrons. The number of halogens is 3. The van der Waals surface area contributed by atoms with Crippen LogP contribution < -0.4 is 15.2 Å². The maximum Gasteiger partial charge on any atom is 0.272 e. The van der Waals surface area contributed by atoms with Gasteiger partial charge < -0.3 is 10.5 Å². The molecule has 0 spiro atoms. The highest BCUT2D eigenvalue weighted by Crippen LogP contribution is 2.16. The SMILES string of the molecule is C[C@@H](CN)NS(=O)(=O)c1ccc(OCC(F)F)cc1.Cl. The normalized spacial score (nSPS) is 12.8. The Morgan fingerprint density at radius 3 is 2.30 bits per heavy atom. The number of nitrogens with one attached hydrogen (secondary N) is 1. The molecule has 0 aliphatic carbocycles. The summed E-state index contributed by atoms with van der Waals surface area (Å²) in [5.41, 5.74) is 5.33. The van der Waals surface area contributed by atoms with Crippen LogP contribution in [-0.2, 0) is 10.0 Å². The van der Waals surface area contributed by atoms with Gasteiger partial charge in [0.25, 0.3) is 6.43 Å². The van der Waals surface area contributed by atoms with Gasteiger partial charge in [0.1, 0.15) is 12.4 Å². The van der Waals surface area contributed by atoms with Gasteiger partial charge in [0, 0.05) is 12.6 Å². The molecule has 3 N–H and O–H groups in total. The third kappa shape index (κ3) is 6.00. The van der Waals surface area contributed by atoms with Gasteiger partial charge in [-0.15, -0.1) is 12.4 Å². The summed E-state index contributed by atoms with van der Waals surface area (Å²) < 4.78 is 54.7. The van der Waals surface area contributed by atoms with Crippen LogP contribution in [0.15, 0.2) is 29.2 Å². The topological polar surface area (TPSA) is 81.4 Å². The van der Waals surface area contributed by atoms with Crippen molar-refractivity contribution >= 4 is 22.4 Å². The predicted molar refractivity (Wildman–Crippen MR) is 74.0 cm³/mol. The van der Waals surface area contributed by atoms with E-state index in [1.807, 2.05) is 0 Å². The van der Waals surface area contributed by atoms with Gasteiger partial charge in [0.2, 0.25) is 10.0 Å². The molecule has 0 bridgehead atoms. The number of nitrogens with two attached hydrogens (primary N) is 1. The van der Waals surface area contributed by atoms with Gasteiger partial charge in [0.15, 0.2) is 0 Å². The summed E-state index contributed by atoms with van der Waals surface area (Å²) in [6, 6.07) is 4.83. The van der Waals surface area contributed by atoms with E-state index >= 15 is 0 Å². The van der Waals surface area contributed by atoms with Crippen molar-refractivity contribution in [1.29, 1.82) is 0 Å². The largest absolute Gasteiger partial charge is 0.488 e. The van der Waals surface area contributed by atoms with Crippen molar-refractivity contribution < 1.29 is 21.9 Å². The Bertz CT molecular complexity index is 497. The van der Waals surface area contributed by atoms with Gasteiger partial charge in [-0.2, -0.15) is 0 Å². The number of hydrogen-bond donors (Lipinski definition) is 2. The molecule has 0 aliphatic heterocycles. The van der Waals surface area contributed by atoms with Crippen LogP contribution in [0.4, 0.5) is 8.78 Å². The first-order chi connectivity index (χ1) is 8.85. The van der Waals surface area contributed by atoms with Crippen LogP contribution in [0.2, 0.25) is 0 Å². The second-order valence-corrected chi connectivity index (χ2v) is 5.65. The number of sulfonamides is 1. The number of ether oxygens (including phenoxy) is 1. The fourth-order valence-electron chi connectivity index (χ4n) is 1.26. The van der Waals surface area contributed by atoms with E-state index in [4.69, 9.17) is 10.5 Å². The Morgan fingerprint density at radius 2 is 1.85 bits per heavy atom. The minimum Gasteiger partial charge on any atom is -0.488 e. The molecule has 0 aromatic heterocycles. The van der Waals surface area contributed by atoms with Crippen LogP contribution in [0.5, 0.6) is 5.75 Å². The van der Waals surface area contributed by atoms with Crippen LogP contribution >= 0.6 is 12.4 Å². The molecule has 0 fully saturated rings. The monoisotopic (exact) mass is 330 g/mol. The summed E-state index contributed by atoms with van der Waals surface area (Å²) >= 11 is 0. The highest BCUT2D eigenvalue weighted by atomic mass is 35.5. The minimum atomic E-state index is -3.65. The molecule has 0 saturated heterocycles. The van der Waals surface area contributed by atoms with E-state index in [1.54, 1.807) is 6.92 Å². The van der Waals surface area contributed by atoms with Gasteiger partial charge >= 0.3 is 0 Å². The lowest BCUT2D eigenvalue weighted by atomic mass is 10.3. The van der Waals surface area contributed by atoms with E-state index in [0.29, 0.717) is 0 Å². The summed E-state index contributed by atoms with van der Waals surface area (Å²) in [7, 11) is -3.65. The average molecular weight is 331 g/mol. The first-order valence-electron chi connectivity index (χ1n) is 5.58. The molecule has 0 amide bonds. The fraction of sp³-hybridized carbons (Fsp3) is 0.455. The third-order valence-corrected chi connectivity index (χ3v) is 3.83. The Balaban J connectivity index is 0.00000361. The van der Waals surface area contributed by atoms with Crippen molar-refractivity contribution in [3.05, 3.63) is 24.3 Å². The summed E-state index contributed by atoms with van der Waals surface area (Å²) in [5, 5.41) is 0. The van der Waals surface area contributed by atoms with Crippen LogP contribution in [-0.4, -0.2) is 34.0 Å². The quantitative estimate of drug-likeness (QED) is 0.791. The Kier molecular flexibility index (Phi) is 7.95. The standard InChI is InChI=1S/C11H16F2N2O3S.ClH/c1-8(6-14)15-19(16,17)10-4-2-9(3-5-10)18-7-11(12)13;/h2-5,8,11,15H,6-7,14H2,1H3;1H/t8-;/m0./s1. The zero-order valence-corrected chi connectivity index (χ0v) is 12.4. The number of alkyl halides is 2. The summed E-state index contributed by atoms with van der Waals surface area (Å²) in [6.45, 7) is 1.08. The highest BCUT2D eigenvalue weighted by Gasteiger charge is 2.16. The zero-order valence-electron chi connectivity index (χ0n) is 10.8. The molecule has 5 nitrogen and oxygen atoms in total. The fourth-order valence-corrected chi connectivity index (χ4v) is 2.51. The molecular formula is C11H17ClF2N2O3S. The Hall–Kier alpha value is -0.960. The van der Waals surface area contributed by atoms with E-state index < -0.39 is 23.1 Å². The summed E-state index contributed by atoms with van der Waals surface area (Å²) in [6.07, 6.45) is -2.57. The molecule has 9 heteroatoms. The van der Waals surface area contributed by atoms with Gasteiger partial charge in [0.05, 0.1) is 4.90 Å². The number of benzene rings is 1. The van der Waals surface area contributed by atoms with Crippen LogP contribution in [0, 0.1) is 0 Å². The second-order valence-electron chi connectivity index (χ2n) is 3.93. The molecule has 0 saturated carbocycles. The molecular weight excluding hydrogens is 314 g/mol. The zero-order chi connectivity index (χ0) is 14.5. The molecule has 1 atom stereocenters. The summed E-state index contributed by atoms with van der Waals surface area (Å²) in [4.78, 5) is 0.0252. The molecule has 0 aliphatic rings. The Morgan fingerprint density at radius 1 is 1.30 bits per heavy atom. The van der Waals surface area contributed by atoms with Crippen molar-refractivity contribution in [2.75, 3.05) is 13.2 Å². The third-order valence-electron chi connectivity index (χ3n) is 2.22. The van der Waals surface area contributed by atoms with Crippen molar-refractivity contribution in [2.24, 2.45) is 5.73 Å². The molecule has 0 unspecified atom stereocenters. The maximum atomic E-state index is 11.9. The van der Waals surface area contributed by atoms with Crippen molar-refractivity contribution in [3.8, 4) is 5.75 Å².